The Labute approximate surface area is 174 Å². The molecule has 2 N–H and O–H groups in total. The van der Waals surface area contributed by atoms with E-state index in [1.165, 1.54) is 25.0 Å². The van der Waals surface area contributed by atoms with E-state index in [1.807, 2.05) is 24.3 Å². The number of carbonyl (C=O) groups is 2. The fourth-order valence-corrected chi connectivity index (χ4v) is 3.54. The average Bonchev–Trinajstić information content (AvgIpc) is 3.20. The van der Waals surface area contributed by atoms with E-state index < -0.39 is 11.7 Å². The second-order valence-electron chi connectivity index (χ2n) is 7.04. The third kappa shape index (κ3) is 6.19. The first-order valence-electron chi connectivity index (χ1n) is 9.77. The van der Waals surface area contributed by atoms with Gasteiger partial charge in [0.15, 0.2) is 0 Å². The van der Waals surface area contributed by atoms with Gasteiger partial charge in [-0.15, -0.1) is 0 Å². The molecule has 0 aliphatic heterocycles. The van der Waals surface area contributed by atoms with Crippen LogP contribution in [0.15, 0.2) is 42.5 Å². The van der Waals surface area contributed by atoms with Crippen LogP contribution in [0.3, 0.4) is 0 Å². The van der Waals surface area contributed by atoms with E-state index in [0.29, 0.717) is 6.54 Å². The van der Waals surface area contributed by atoms with Crippen LogP contribution in [0.1, 0.15) is 48.0 Å². The van der Waals surface area contributed by atoms with Crippen molar-refractivity contribution in [1.82, 2.24) is 10.6 Å². The van der Waals surface area contributed by atoms with Crippen molar-refractivity contribution in [1.29, 1.82) is 0 Å². The number of ether oxygens (including phenoxy) is 1. The van der Waals surface area contributed by atoms with E-state index in [1.54, 1.807) is 0 Å². The molecule has 0 radical (unpaired) electrons. The van der Waals surface area contributed by atoms with Gasteiger partial charge < -0.3 is 15.4 Å². The molecule has 2 aromatic carbocycles. The molecule has 2 aromatic rings. The average molecular weight is 419 g/mol. The number of hydrogen-bond acceptors (Lipinski definition) is 3. The first-order chi connectivity index (χ1) is 14.0. The molecule has 3 rings (SSSR count). The zero-order chi connectivity index (χ0) is 20.6. The molecule has 7 heteroatoms. The van der Waals surface area contributed by atoms with Gasteiger partial charge in [0, 0.05) is 25.1 Å². The van der Waals surface area contributed by atoms with E-state index in [9.17, 15) is 14.0 Å². The summed E-state index contributed by atoms with van der Waals surface area (Å²) < 4.78 is 19.1. The van der Waals surface area contributed by atoms with Gasteiger partial charge in [0.2, 0.25) is 5.91 Å². The van der Waals surface area contributed by atoms with Crippen LogP contribution in [0.5, 0.6) is 5.75 Å². The molecule has 0 spiro atoms. The normalized spacial score (nSPS) is 13.9. The van der Waals surface area contributed by atoms with Crippen molar-refractivity contribution in [2.75, 3.05) is 6.54 Å². The van der Waals surface area contributed by atoms with Gasteiger partial charge in [0.1, 0.15) is 11.6 Å². The molecule has 2 amide bonds. The van der Waals surface area contributed by atoms with Gasteiger partial charge in [0.25, 0.3) is 5.91 Å². The van der Waals surface area contributed by atoms with Crippen molar-refractivity contribution in [2.45, 2.75) is 44.8 Å². The fraction of sp³-hybridized carbons (Fsp3) is 0.364. The summed E-state index contributed by atoms with van der Waals surface area (Å²) in [5.74, 6) is -0.341. The van der Waals surface area contributed by atoms with Gasteiger partial charge in [-0.3, -0.25) is 9.59 Å². The molecule has 1 aliphatic carbocycles. The first-order valence-corrected chi connectivity index (χ1v) is 10.2. The number of carbonyl (C=O) groups excluding carboxylic acids is 2. The number of amides is 2. The molecule has 154 valence electrons. The van der Waals surface area contributed by atoms with Gasteiger partial charge in [0.05, 0.1) is 16.7 Å². The molecule has 0 unspecified atom stereocenters. The summed E-state index contributed by atoms with van der Waals surface area (Å²) in [6, 6.07) is 11.2. The van der Waals surface area contributed by atoms with Crippen LogP contribution in [-0.4, -0.2) is 24.5 Å². The van der Waals surface area contributed by atoms with Crippen LogP contribution in [0, 0.1) is 5.82 Å². The Morgan fingerprint density at radius 3 is 2.62 bits per heavy atom. The minimum absolute atomic E-state index is 0.0332. The zero-order valence-corrected chi connectivity index (χ0v) is 16.8. The smallest absolute Gasteiger partial charge is 0.252 e. The van der Waals surface area contributed by atoms with Crippen LogP contribution in [-0.2, 0) is 11.3 Å². The van der Waals surface area contributed by atoms with Gasteiger partial charge >= 0.3 is 0 Å². The Kier molecular flexibility index (Phi) is 7.47. The number of para-hydroxylation sites is 1. The maximum atomic E-state index is 13.1. The number of nitrogens with one attached hydrogen (secondary N) is 2. The summed E-state index contributed by atoms with van der Waals surface area (Å²) in [5.41, 5.74) is 1.10. The summed E-state index contributed by atoms with van der Waals surface area (Å²) in [6.45, 7) is 0.512. The quantitative estimate of drug-likeness (QED) is 0.673. The second kappa shape index (κ2) is 10.3. The van der Waals surface area contributed by atoms with Crippen molar-refractivity contribution in [3.8, 4) is 5.75 Å². The highest BCUT2D eigenvalue weighted by Gasteiger charge is 2.18. The molecule has 1 aliphatic rings. The zero-order valence-electron chi connectivity index (χ0n) is 16.0. The Balaban J connectivity index is 1.44. The van der Waals surface area contributed by atoms with Crippen molar-refractivity contribution >= 4 is 23.4 Å². The molecular weight excluding hydrogens is 395 g/mol. The van der Waals surface area contributed by atoms with Crippen LogP contribution in [0.2, 0.25) is 5.02 Å². The standard InChI is InChI=1S/C22H24ClFN2O3/c23-19-13-16(24)9-10-18(19)22(28)25-12-11-21(27)26-14-15-5-1-4-8-20(15)29-17-6-2-3-7-17/h1,4-5,8-10,13,17H,2-3,6-7,11-12,14H2,(H,25,28)(H,26,27). The van der Waals surface area contributed by atoms with E-state index in [0.717, 1.165) is 30.2 Å². The predicted molar refractivity (Wildman–Crippen MR) is 110 cm³/mol. The molecule has 0 atom stereocenters. The monoisotopic (exact) mass is 418 g/mol. The highest BCUT2D eigenvalue weighted by atomic mass is 35.5. The van der Waals surface area contributed by atoms with Crippen molar-refractivity contribution < 1.29 is 18.7 Å². The topological polar surface area (TPSA) is 67.4 Å². The number of hydrogen-bond donors (Lipinski definition) is 2. The Morgan fingerprint density at radius 1 is 1.10 bits per heavy atom. The molecule has 0 saturated heterocycles. The van der Waals surface area contributed by atoms with E-state index >= 15 is 0 Å². The fourth-order valence-electron chi connectivity index (χ4n) is 3.29. The minimum atomic E-state index is -0.511. The summed E-state index contributed by atoms with van der Waals surface area (Å²) in [5, 5.41) is 5.50. The van der Waals surface area contributed by atoms with E-state index in [2.05, 4.69) is 10.6 Å². The highest BCUT2D eigenvalue weighted by molar-refractivity contribution is 6.33. The SMILES string of the molecule is O=C(CCNC(=O)c1ccc(F)cc1Cl)NCc1ccccc1OC1CCCC1. The predicted octanol–water partition coefficient (Wildman–Crippen LogP) is 4.24. The molecular formula is C22H24ClFN2O3. The van der Waals surface area contributed by atoms with Crippen LogP contribution in [0.4, 0.5) is 4.39 Å². The van der Waals surface area contributed by atoms with Crippen molar-refractivity contribution in [2.24, 2.45) is 0 Å². The van der Waals surface area contributed by atoms with E-state index in [-0.39, 0.29) is 35.6 Å². The molecule has 0 heterocycles. The van der Waals surface area contributed by atoms with Crippen molar-refractivity contribution in [3.05, 3.63) is 64.4 Å². The maximum Gasteiger partial charge on any atom is 0.252 e. The Bertz CT molecular complexity index is 869. The van der Waals surface area contributed by atoms with E-state index in [4.69, 9.17) is 16.3 Å². The maximum absolute atomic E-state index is 13.1. The van der Waals surface area contributed by atoms with Gasteiger partial charge in [-0.2, -0.15) is 0 Å². The number of halogens is 2. The lowest BCUT2D eigenvalue weighted by Gasteiger charge is -2.16. The molecule has 5 nitrogen and oxygen atoms in total. The lowest BCUT2D eigenvalue weighted by atomic mass is 10.2. The molecule has 29 heavy (non-hydrogen) atoms. The van der Waals surface area contributed by atoms with Gasteiger partial charge in [-0.05, 0) is 49.9 Å². The van der Waals surface area contributed by atoms with Crippen LogP contribution in [0.25, 0.3) is 0 Å². The first kappa shape index (κ1) is 21.1. The summed E-state index contributed by atoms with van der Waals surface area (Å²) in [4.78, 5) is 24.2. The third-order valence-corrected chi connectivity index (χ3v) is 5.17. The Morgan fingerprint density at radius 2 is 1.86 bits per heavy atom. The number of benzene rings is 2. The lowest BCUT2D eigenvalue weighted by molar-refractivity contribution is -0.121. The van der Waals surface area contributed by atoms with Gasteiger partial charge in [-0.25, -0.2) is 4.39 Å². The summed E-state index contributed by atoms with van der Waals surface area (Å²) in [7, 11) is 0. The van der Waals surface area contributed by atoms with Gasteiger partial charge in [-0.1, -0.05) is 29.8 Å². The Hall–Kier alpha value is -2.60. The summed E-state index contributed by atoms with van der Waals surface area (Å²) in [6.07, 6.45) is 4.89. The van der Waals surface area contributed by atoms with Crippen LogP contribution >= 0.6 is 11.6 Å². The van der Waals surface area contributed by atoms with Crippen LogP contribution < -0.4 is 15.4 Å². The number of rotatable bonds is 8. The second-order valence-corrected chi connectivity index (χ2v) is 7.45. The molecule has 0 aromatic heterocycles. The minimum Gasteiger partial charge on any atom is -0.490 e. The highest BCUT2D eigenvalue weighted by Crippen LogP contribution is 2.26. The molecule has 1 saturated carbocycles. The summed E-state index contributed by atoms with van der Waals surface area (Å²) >= 11 is 5.87. The largest absolute Gasteiger partial charge is 0.490 e. The third-order valence-electron chi connectivity index (χ3n) is 4.86. The molecule has 0 bridgehead atoms. The molecule has 1 fully saturated rings. The lowest BCUT2D eigenvalue weighted by Crippen LogP contribution is -2.30. The van der Waals surface area contributed by atoms with Crippen molar-refractivity contribution in [3.63, 3.8) is 0 Å².